The zero-order valence-electron chi connectivity index (χ0n) is 20.0. The fourth-order valence-electron chi connectivity index (χ4n) is 5.53. The topological polar surface area (TPSA) is 71.5 Å². The summed E-state index contributed by atoms with van der Waals surface area (Å²) in [6.45, 7) is 3.14. The van der Waals surface area contributed by atoms with Gasteiger partial charge in [-0.25, -0.2) is 4.98 Å². The summed E-state index contributed by atoms with van der Waals surface area (Å²) in [5.41, 5.74) is 1.19. The van der Waals surface area contributed by atoms with Gasteiger partial charge in [-0.15, -0.1) is 11.3 Å². The first-order valence-corrected chi connectivity index (χ1v) is 13.0. The van der Waals surface area contributed by atoms with Crippen LogP contribution in [0, 0.1) is 18.8 Å². The summed E-state index contributed by atoms with van der Waals surface area (Å²) in [5.74, 6) is 0.890. The number of carbonyl (C=O) groups excluding carboxylic acids is 2. The van der Waals surface area contributed by atoms with Gasteiger partial charge in [0.15, 0.2) is 0 Å². The van der Waals surface area contributed by atoms with E-state index in [0.717, 1.165) is 29.9 Å². The lowest BCUT2D eigenvalue weighted by Crippen LogP contribution is -2.45. The molecule has 192 valence electrons. The molecule has 1 saturated carbocycles. The maximum atomic E-state index is 13.7. The number of alkyl halides is 3. The first-order valence-electron chi connectivity index (χ1n) is 12.2. The Morgan fingerprint density at radius 1 is 1.22 bits per heavy atom. The van der Waals surface area contributed by atoms with Crippen molar-refractivity contribution >= 4 is 23.2 Å². The quantitative estimate of drug-likeness (QED) is 0.509. The molecule has 10 heteroatoms. The van der Waals surface area contributed by atoms with Gasteiger partial charge in [-0.05, 0) is 55.0 Å². The number of rotatable bonds is 5. The highest BCUT2D eigenvalue weighted by molar-refractivity contribution is 7.15. The number of ether oxygens (including phenoxy) is 1. The van der Waals surface area contributed by atoms with Crippen LogP contribution in [0.5, 0.6) is 5.75 Å². The molecule has 3 atom stereocenters. The van der Waals surface area contributed by atoms with Gasteiger partial charge in [-0.2, -0.15) is 13.2 Å². The summed E-state index contributed by atoms with van der Waals surface area (Å²) in [7, 11) is 0. The maximum absolute atomic E-state index is 13.7. The molecule has 1 aliphatic carbocycles. The Morgan fingerprint density at radius 3 is 2.84 bits per heavy atom. The largest absolute Gasteiger partial charge is 0.493 e. The number of thiazole rings is 1. The van der Waals surface area contributed by atoms with Gasteiger partial charge in [0.25, 0.3) is 11.8 Å². The molecule has 1 aromatic heterocycles. The van der Waals surface area contributed by atoms with E-state index >= 15 is 0 Å². The number of nitrogens with zero attached hydrogens (tertiary/aromatic N) is 2. The number of carbonyl (C=O) groups is 2. The summed E-state index contributed by atoms with van der Waals surface area (Å²) in [4.78, 5) is 33.3. The fraction of sp³-hybridized carbons (Fsp3) is 0.370. The predicted molar refractivity (Wildman–Crippen MR) is 132 cm³/mol. The molecular weight excluding hydrogens is 503 g/mol. The summed E-state index contributed by atoms with van der Waals surface area (Å²) in [6.07, 6.45) is -2.81. The van der Waals surface area contributed by atoms with E-state index in [4.69, 9.17) is 4.74 Å². The van der Waals surface area contributed by atoms with Gasteiger partial charge >= 0.3 is 6.18 Å². The van der Waals surface area contributed by atoms with Crippen molar-refractivity contribution in [1.82, 2.24) is 15.2 Å². The van der Waals surface area contributed by atoms with Crippen molar-refractivity contribution in [2.75, 3.05) is 19.7 Å². The molecule has 6 nitrogen and oxygen atoms in total. The van der Waals surface area contributed by atoms with Gasteiger partial charge in [0.1, 0.15) is 11.4 Å². The highest BCUT2D eigenvalue weighted by Crippen LogP contribution is 2.50. The Hall–Kier alpha value is -3.40. The molecule has 0 radical (unpaired) electrons. The smallest absolute Gasteiger partial charge is 0.416 e. The minimum absolute atomic E-state index is 0.164. The molecule has 0 unspecified atom stereocenters. The molecule has 0 bridgehead atoms. The Bertz CT molecular complexity index is 1400. The van der Waals surface area contributed by atoms with Crippen LogP contribution in [0.15, 0.2) is 42.5 Å². The SMILES string of the molecule is Cc1nc(C(=O)N2C[C@@H]3C[C@@H]3[C@H]2CNC(=O)c2cccc3c2CCO3)c(-c2cccc(C(F)(F)F)c2)s1. The normalized spacial score (nSPS) is 21.8. The second kappa shape index (κ2) is 8.86. The molecule has 1 N–H and O–H groups in total. The number of nitrogens with one attached hydrogen (secondary N) is 1. The molecule has 2 aliphatic heterocycles. The van der Waals surface area contributed by atoms with Gasteiger partial charge in [0.05, 0.1) is 28.1 Å². The van der Waals surface area contributed by atoms with Gasteiger partial charge in [0, 0.05) is 30.6 Å². The highest BCUT2D eigenvalue weighted by atomic mass is 32.1. The van der Waals surface area contributed by atoms with Crippen LogP contribution in [0.3, 0.4) is 0 Å². The summed E-state index contributed by atoms with van der Waals surface area (Å²) in [5, 5.41) is 3.61. The minimum Gasteiger partial charge on any atom is -0.493 e. The molecule has 3 aliphatic rings. The van der Waals surface area contributed by atoms with Crippen LogP contribution < -0.4 is 10.1 Å². The Morgan fingerprint density at radius 2 is 2.03 bits per heavy atom. The predicted octanol–water partition coefficient (Wildman–Crippen LogP) is 4.96. The second-order valence-corrected chi connectivity index (χ2v) is 11.0. The molecule has 37 heavy (non-hydrogen) atoms. The molecule has 2 amide bonds. The van der Waals surface area contributed by atoms with E-state index in [0.29, 0.717) is 59.0 Å². The van der Waals surface area contributed by atoms with Gasteiger partial charge < -0.3 is 15.0 Å². The number of hydrogen-bond donors (Lipinski definition) is 1. The lowest BCUT2D eigenvalue weighted by atomic mass is 10.0. The van der Waals surface area contributed by atoms with Crippen LogP contribution in [-0.4, -0.2) is 47.4 Å². The number of benzene rings is 2. The number of hydrogen-bond acceptors (Lipinski definition) is 5. The van der Waals surface area contributed by atoms with Crippen LogP contribution in [-0.2, 0) is 12.6 Å². The van der Waals surface area contributed by atoms with Crippen LogP contribution >= 0.6 is 11.3 Å². The van der Waals surface area contributed by atoms with Crippen LogP contribution in [0.2, 0.25) is 0 Å². The molecule has 2 aromatic carbocycles. The van der Waals surface area contributed by atoms with Crippen molar-refractivity contribution in [3.8, 4) is 16.2 Å². The first-order chi connectivity index (χ1) is 17.7. The average molecular weight is 528 g/mol. The van der Waals surface area contributed by atoms with Gasteiger partial charge in [0.2, 0.25) is 0 Å². The number of piperidine rings is 1. The van der Waals surface area contributed by atoms with Crippen molar-refractivity contribution in [2.45, 2.75) is 32.0 Å². The van der Waals surface area contributed by atoms with Crippen molar-refractivity contribution in [3.63, 3.8) is 0 Å². The van der Waals surface area contributed by atoms with E-state index in [9.17, 15) is 22.8 Å². The van der Waals surface area contributed by atoms with Gasteiger partial charge in [-0.3, -0.25) is 9.59 Å². The first kappa shape index (κ1) is 24.0. The Kier molecular flexibility index (Phi) is 5.74. The molecule has 0 spiro atoms. The van der Waals surface area contributed by atoms with E-state index in [1.807, 2.05) is 6.07 Å². The zero-order valence-corrected chi connectivity index (χ0v) is 20.8. The summed E-state index contributed by atoms with van der Waals surface area (Å²) >= 11 is 1.21. The van der Waals surface area contributed by atoms with Crippen LogP contribution in [0.1, 0.15) is 43.4 Å². The number of amides is 2. The molecule has 2 fully saturated rings. The van der Waals surface area contributed by atoms with E-state index in [2.05, 4.69) is 10.3 Å². The number of halogens is 3. The molecule has 1 saturated heterocycles. The number of aromatic nitrogens is 1. The molecular formula is C27H24F3N3O3S. The summed E-state index contributed by atoms with van der Waals surface area (Å²) in [6, 6.07) is 10.2. The second-order valence-electron chi connectivity index (χ2n) is 9.76. The molecule has 3 heterocycles. The van der Waals surface area contributed by atoms with E-state index in [1.165, 1.54) is 17.4 Å². The minimum atomic E-state index is -4.48. The van der Waals surface area contributed by atoms with Crippen molar-refractivity contribution in [2.24, 2.45) is 11.8 Å². The van der Waals surface area contributed by atoms with Crippen LogP contribution in [0.4, 0.5) is 13.2 Å². The van der Waals surface area contributed by atoms with Gasteiger partial charge in [-0.1, -0.05) is 18.2 Å². The third kappa shape index (κ3) is 4.37. The fourth-order valence-corrected chi connectivity index (χ4v) is 6.44. The number of fused-ring (bicyclic) bond motifs is 2. The number of aryl methyl sites for hydroxylation is 1. The van der Waals surface area contributed by atoms with Crippen LogP contribution in [0.25, 0.3) is 10.4 Å². The third-order valence-electron chi connectivity index (χ3n) is 7.41. The maximum Gasteiger partial charge on any atom is 0.416 e. The monoisotopic (exact) mass is 527 g/mol. The van der Waals surface area contributed by atoms with Crippen molar-refractivity contribution in [1.29, 1.82) is 0 Å². The Labute approximate surface area is 215 Å². The Balaban J connectivity index is 1.23. The van der Waals surface area contributed by atoms with E-state index in [1.54, 1.807) is 30.0 Å². The standard InChI is InChI=1S/C27H24F3N3O3S/c1-14-32-23(24(37-14)15-4-2-5-17(10-15)27(28,29)30)26(35)33-13-16-11-20(16)21(33)12-31-25(34)19-6-3-7-22-18(19)8-9-36-22/h2-7,10,16,20-21H,8-9,11-13H2,1H3,(H,31,34)/t16-,20-,21+/m0/s1. The number of likely N-dealkylation sites (tertiary alicyclic amines) is 1. The van der Waals surface area contributed by atoms with E-state index in [-0.39, 0.29) is 23.6 Å². The molecule has 3 aromatic rings. The highest BCUT2D eigenvalue weighted by Gasteiger charge is 2.54. The van der Waals surface area contributed by atoms with Crippen molar-refractivity contribution < 1.29 is 27.5 Å². The average Bonchev–Trinajstić information content (AvgIpc) is 3.20. The third-order valence-corrected chi connectivity index (χ3v) is 8.43. The zero-order chi connectivity index (χ0) is 25.9. The summed E-state index contributed by atoms with van der Waals surface area (Å²) < 4.78 is 45.5. The van der Waals surface area contributed by atoms with Crippen molar-refractivity contribution in [3.05, 3.63) is 69.9 Å². The lowest BCUT2D eigenvalue weighted by molar-refractivity contribution is -0.137. The molecule has 6 rings (SSSR count). The lowest BCUT2D eigenvalue weighted by Gasteiger charge is -2.27. The van der Waals surface area contributed by atoms with E-state index < -0.39 is 11.7 Å².